The van der Waals surface area contributed by atoms with Crippen molar-refractivity contribution in [2.45, 2.75) is 6.61 Å². The lowest BCUT2D eigenvalue weighted by atomic mass is 10.8. The van der Waals surface area contributed by atoms with Crippen LogP contribution in [0.5, 0.6) is 0 Å². The van der Waals surface area contributed by atoms with Crippen molar-refractivity contribution < 1.29 is 13.5 Å². The molecule has 0 bridgehead atoms. The predicted octanol–water partition coefficient (Wildman–Crippen LogP) is 2.45. The maximum absolute atomic E-state index is 11.6. The van der Waals surface area contributed by atoms with E-state index in [0.717, 1.165) is 0 Å². The standard InChI is InChI=1S/C5H3ClF2INO/c6-3-1-9-4(2-10-3)11-5(7)8/h1-2,5H. The fraction of sp³-hybridized carbons (Fsp3) is 0.200. The first-order valence-electron chi connectivity index (χ1n) is 2.53. The van der Waals surface area contributed by atoms with Gasteiger partial charge in [0.05, 0.1) is 6.20 Å². The summed E-state index contributed by atoms with van der Waals surface area (Å²) in [7, 11) is 0. The molecule has 0 atom stereocenters. The van der Waals surface area contributed by atoms with Gasteiger partial charge in [-0.25, -0.2) is 4.99 Å². The van der Waals surface area contributed by atoms with Crippen molar-refractivity contribution in [2.75, 3.05) is 0 Å². The van der Waals surface area contributed by atoms with E-state index in [0.29, 0.717) is 5.17 Å². The Kier molecular flexibility index (Phi) is 3.38. The fourth-order valence-electron chi connectivity index (χ4n) is 0.409. The zero-order chi connectivity index (χ0) is 8.27. The van der Waals surface area contributed by atoms with Gasteiger partial charge in [-0.2, -0.15) is 8.78 Å². The molecule has 0 amide bonds. The smallest absolute Gasteiger partial charge is 0.387 e. The van der Waals surface area contributed by atoms with Crippen LogP contribution in [-0.4, -0.2) is 15.8 Å². The summed E-state index contributed by atoms with van der Waals surface area (Å²) in [6, 6.07) is 0. The second-order valence-corrected chi connectivity index (χ2v) is 4.18. The first kappa shape index (κ1) is 9.05. The van der Waals surface area contributed by atoms with E-state index in [1.54, 1.807) is 4.01 Å². The molecular weight excluding hydrogens is 290 g/mol. The van der Waals surface area contributed by atoms with E-state index in [-0.39, 0.29) is 3.77 Å². The average Bonchev–Trinajstić information content (AvgIpc) is 1.93. The minimum Gasteiger partial charge on any atom is -0.427 e. The van der Waals surface area contributed by atoms with Gasteiger partial charge in [-0.3, -0.25) is 0 Å². The maximum atomic E-state index is 11.6. The van der Waals surface area contributed by atoms with E-state index in [2.05, 4.69) is 9.73 Å². The van der Waals surface area contributed by atoms with Crippen molar-refractivity contribution in [1.29, 1.82) is 0 Å². The van der Waals surface area contributed by atoms with Crippen molar-refractivity contribution in [3.63, 3.8) is 0 Å². The molecule has 1 aliphatic heterocycles. The molecular formula is C5H3ClF2INO. The van der Waals surface area contributed by atoms with Crippen LogP contribution in [0.1, 0.15) is 0 Å². The number of aliphatic imine (C=N–C) groups is 1. The molecule has 1 heterocycles. The van der Waals surface area contributed by atoms with Gasteiger partial charge in [0.15, 0.2) is 3.77 Å². The summed E-state index contributed by atoms with van der Waals surface area (Å²) in [5.74, 6) is 0. The first-order valence-corrected chi connectivity index (χ1v) is 5.23. The third-order valence-corrected chi connectivity index (χ3v) is 3.37. The Morgan fingerprint density at radius 3 is 2.82 bits per heavy atom. The number of ether oxygens (including phenoxy) is 1. The molecule has 0 saturated heterocycles. The van der Waals surface area contributed by atoms with Gasteiger partial charge in [0.1, 0.15) is 5.17 Å². The molecule has 1 aliphatic rings. The van der Waals surface area contributed by atoms with Crippen LogP contribution in [0.4, 0.5) is 8.78 Å². The normalized spacial score (nSPS) is 17.1. The fourth-order valence-corrected chi connectivity index (χ4v) is 2.10. The molecule has 6 heteroatoms. The third-order valence-electron chi connectivity index (χ3n) is 0.743. The molecule has 0 spiro atoms. The van der Waals surface area contributed by atoms with Crippen LogP contribution in [0.3, 0.4) is 0 Å². The largest absolute Gasteiger partial charge is 0.427 e. The molecule has 11 heavy (non-hydrogen) atoms. The Hall–Kier alpha value is -0.0400. The summed E-state index contributed by atoms with van der Waals surface area (Å²) in [5.41, 5.74) is 0. The molecule has 0 N–H and O–H groups in total. The molecule has 62 valence electrons. The molecule has 1 rings (SSSR count). The summed E-state index contributed by atoms with van der Waals surface area (Å²) >= 11 is 4.80. The van der Waals surface area contributed by atoms with Crippen LogP contribution in [0.2, 0.25) is 0 Å². The Morgan fingerprint density at radius 2 is 2.36 bits per heavy atom. The van der Waals surface area contributed by atoms with E-state index < -0.39 is 27.3 Å². The summed E-state index contributed by atoms with van der Waals surface area (Å²) in [6.07, 6.45) is 1.24. The van der Waals surface area contributed by atoms with E-state index in [9.17, 15) is 8.78 Å². The Labute approximate surface area is 76.6 Å². The van der Waals surface area contributed by atoms with Gasteiger partial charge in [-0.15, -0.1) is 0 Å². The molecule has 0 unspecified atom stereocenters. The second-order valence-electron chi connectivity index (χ2n) is 1.48. The molecule has 0 aromatic carbocycles. The minimum absolute atomic E-state index is 0.239. The Morgan fingerprint density at radius 1 is 1.64 bits per heavy atom. The molecule has 0 aliphatic carbocycles. The number of nitrogens with zero attached hydrogens (tertiary/aromatic N) is 1. The molecule has 0 aromatic heterocycles. The number of halogens is 4. The molecule has 0 aromatic rings. The van der Waals surface area contributed by atoms with E-state index in [1.165, 1.54) is 6.20 Å². The van der Waals surface area contributed by atoms with Gasteiger partial charge < -0.3 is 4.74 Å². The highest BCUT2D eigenvalue weighted by Crippen LogP contribution is 2.21. The lowest BCUT2D eigenvalue weighted by Gasteiger charge is -2.04. The molecule has 0 fully saturated rings. The van der Waals surface area contributed by atoms with Crippen molar-refractivity contribution in [2.24, 2.45) is 4.99 Å². The number of alkyl halides is 2. The zero-order valence-electron chi connectivity index (χ0n) is 5.10. The van der Waals surface area contributed by atoms with Crippen LogP contribution >= 0.6 is 32.3 Å². The van der Waals surface area contributed by atoms with Crippen LogP contribution in [0.15, 0.2) is 15.0 Å². The van der Waals surface area contributed by atoms with Crippen molar-refractivity contribution in [3.8, 4) is 0 Å². The Bertz CT molecular complexity index is 239. The lowest BCUT2D eigenvalue weighted by molar-refractivity contribution is -0.0852. The topological polar surface area (TPSA) is 21.6 Å². The maximum Gasteiger partial charge on any atom is 0.387 e. The van der Waals surface area contributed by atoms with Gasteiger partial charge in [-0.1, -0.05) is 11.6 Å². The SMILES string of the molecule is FC(F)OC1=CN=C(Cl)C=I1. The first-order chi connectivity index (χ1) is 5.18. The van der Waals surface area contributed by atoms with Gasteiger partial charge in [0.25, 0.3) is 0 Å². The number of rotatable bonds is 2. The molecule has 0 saturated carbocycles. The van der Waals surface area contributed by atoms with Crippen LogP contribution in [0.25, 0.3) is 0 Å². The highest BCUT2D eigenvalue weighted by molar-refractivity contribution is 14.2. The summed E-state index contributed by atoms with van der Waals surface area (Å²) in [6.45, 7) is -2.76. The minimum atomic E-state index is -2.76. The second kappa shape index (κ2) is 4.10. The van der Waals surface area contributed by atoms with E-state index in [1.807, 2.05) is 0 Å². The van der Waals surface area contributed by atoms with Crippen LogP contribution in [0, 0.1) is 0 Å². The average molecular weight is 293 g/mol. The van der Waals surface area contributed by atoms with E-state index >= 15 is 0 Å². The Balaban J connectivity index is 2.57. The van der Waals surface area contributed by atoms with Crippen molar-refractivity contribution >= 4 is 41.5 Å². The highest BCUT2D eigenvalue weighted by Gasteiger charge is 2.06. The summed E-state index contributed by atoms with van der Waals surface area (Å²) in [4.78, 5) is 3.60. The van der Waals surface area contributed by atoms with Crippen molar-refractivity contribution in [3.05, 3.63) is 9.97 Å². The van der Waals surface area contributed by atoms with Gasteiger partial charge in [0.2, 0.25) is 0 Å². The van der Waals surface area contributed by atoms with Gasteiger partial charge in [-0.05, 0) is 20.7 Å². The number of hydrogen-bond acceptors (Lipinski definition) is 2. The number of hydrogen-bond donors (Lipinski definition) is 0. The van der Waals surface area contributed by atoms with E-state index in [4.69, 9.17) is 11.6 Å². The molecule has 0 radical (unpaired) electrons. The van der Waals surface area contributed by atoms with Gasteiger partial charge >= 0.3 is 6.61 Å². The van der Waals surface area contributed by atoms with Crippen LogP contribution in [-0.2, 0) is 4.74 Å². The zero-order valence-corrected chi connectivity index (χ0v) is 8.01. The molecule has 2 nitrogen and oxygen atoms in total. The monoisotopic (exact) mass is 293 g/mol. The van der Waals surface area contributed by atoms with Gasteiger partial charge in [0, 0.05) is 4.01 Å². The summed E-state index contributed by atoms with van der Waals surface area (Å²) < 4.78 is 29.1. The third kappa shape index (κ3) is 3.24. The van der Waals surface area contributed by atoms with Crippen LogP contribution < -0.4 is 0 Å². The predicted molar refractivity (Wildman–Crippen MR) is 48.5 cm³/mol. The summed E-state index contributed by atoms with van der Waals surface area (Å²) in [5, 5.41) is 0.347. The lowest BCUT2D eigenvalue weighted by Crippen LogP contribution is -1.97. The van der Waals surface area contributed by atoms with Crippen molar-refractivity contribution in [1.82, 2.24) is 0 Å². The highest BCUT2D eigenvalue weighted by atomic mass is 127. The quantitative estimate of drug-likeness (QED) is 0.717.